The summed E-state index contributed by atoms with van der Waals surface area (Å²) in [6.07, 6.45) is -1.26. The molecule has 7 heteroatoms. The third-order valence-electron chi connectivity index (χ3n) is 1.85. The second-order valence-corrected chi connectivity index (χ2v) is 3.82. The molecule has 1 atom stereocenters. The zero-order valence-corrected chi connectivity index (χ0v) is 9.75. The third kappa shape index (κ3) is 2.74. The van der Waals surface area contributed by atoms with Crippen molar-refractivity contribution in [3.05, 3.63) is 16.4 Å². The lowest BCUT2D eigenvalue weighted by Gasteiger charge is -2.11. The molecule has 15 heavy (non-hydrogen) atoms. The molecule has 0 aliphatic heterocycles. The Kier molecular flexibility index (Phi) is 3.78. The number of hydrogen-bond acceptors (Lipinski definition) is 2. The van der Waals surface area contributed by atoms with Crippen LogP contribution in [0.15, 0.2) is 10.8 Å². The number of carbonyl (C=O) groups excluding carboxylic acids is 1. The molecule has 1 unspecified atom stereocenters. The van der Waals surface area contributed by atoms with Gasteiger partial charge in [0.2, 0.25) is 0 Å². The highest BCUT2D eigenvalue weighted by atomic mass is 79.9. The molecule has 0 aromatic carbocycles. The second-order valence-electron chi connectivity index (χ2n) is 3.07. The zero-order chi connectivity index (χ0) is 11.6. The van der Waals surface area contributed by atoms with Crippen molar-refractivity contribution in [3.8, 4) is 0 Å². The summed E-state index contributed by atoms with van der Waals surface area (Å²) in [5, 5.41) is 5.99. The van der Waals surface area contributed by atoms with Crippen LogP contribution < -0.4 is 5.32 Å². The highest BCUT2D eigenvalue weighted by molar-refractivity contribution is 9.10. The molecule has 1 rings (SSSR count). The average molecular weight is 282 g/mol. The summed E-state index contributed by atoms with van der Waals surface area (Å²) >= 11 is 3.13. The van der Waals surface area contributed by atoms with Crippen molar-refractivity contribution >= 4 is 21.8 Å². The van der Waals surface area contributed by atoms with Gasteiger partial charge in [0.25, 0.3) is 12.3 Å². The number of rotatable bonds is 3. The Morgan fingerprint density at radius 2 is 2.27 bits per heavy atom. The Hall–Kier alpha value is -0.980. The molecule has 1 aromatic rings. The van der Waals surface area contributed by atoms with Gasteiger partial charge in [0.1, 0.15) is 4.60 Å². The lowest BCUT2D eigenvalue weighted by Crippen LogP contribution is -2.37. The summed E-state index contributed by atoms with van der Waals surface area (Å²) in [6.45, 7) is 1.24. The van der Waals surface area contributed by atoms with E-state index < -0.39 is 18.4 Å². The normalized spacial score (nSPS) is 12.9. The van der Waals surface area contributed by atoms with Gasteiger partial charge in [0, 0.05) is 7.05 Å². The SMILES string of the molecule is CC(NC(=O)c1cnn(C)c1Br)C(F)F. The van der Waals surface area contributed by atoms with Crippen molar-refractivity contribution in [1.82, 2.24) is 15.1 Å². The first-order valence-corrected chi connectivity index (χ1v) is 4.99. The van der Waals surface area contributed by atoms with E-state index in [0.717, 1.165) is 0 Å². The van der Waals surface area contributed by atoms with Gasteiger partial charge in [-0.25, -0.2) is 8.78 Å². The summed E-state index contributed by atoms with van der Waals surface area (Å²) in [5.41, 5.74) is 0.241. The summed E-state index contributed by atoms with van der Waals surface area (Å²) in [7, 11) is 1.64. The van der Waals surface area contributed by atoms with E-state index in [1.807, 2.05) is 0 Å². The fourth-order valence-corrected chi connectivity index (χ4v) is 1.30. The topological polar surface area (TPSA) is 46.9 Å². The van der Waals surface area contributed by atoms with Crippen molar-refractivity contribution in [2.75, 3.05) is 0 Å². The maximum Gasteiger partial charge on any atom is 0.258 e. The highest BCUT2D eigenvalue weighted by Gasteiger charge is 2.20. The molecule has 0 fully saturated rings. The smallest absolute Gasteiger partial charge is 0.258 e. The van der Waals surface area contributed by atoms with Crippen LogP contribution in [-0.4, -0.2) is 28.2 Å². The largest absolute Gasteiger partial charge is 0.344 e. The van der Waals surface area contributed by atoms with E-state index in [9.17, 15) is 13.6 Å². The number of aryl methyl sites for hydroxylation is 1. The number of carbonyl (C=O) groups is 1. The number of amides is 1. The first kappa shape index (κ1) is 12.1. The molecule has 0 aliphatic carbocycles. The molecule has 0 saturated heterocycles. The first-order chi connectivity index (χ1) is 6.93. The minimum Gasteiger partial charge on any atom is -0.344 e. The fraction of sp³-hybridized carbons (Fsp3) is 0.500. The number of halogens is 3. The number of nitrogens with one attached hydrogen (secondary N) is 1. The number of nitrogens with zero attached hydrogens (tertiary/aromatic N) is 2. The van der Waals surface area contributed by atoms with Gasteiger partial charge >= 0.3 is 0 Å². The maximum absolute atomic E-state index is 12.2. The predicted molar refractivity (Wildman–Crippen MR) is 53.8 cm³/mol. The van der Waals surface area contributed by atoms with Gasteiger partial charge in [0.15, 0.2) is 0 Å². The van der Waals surface area contributed by atoms with Gasteiger partial charge in [0.05, 0.1) is 17.8 Å². The minimum atomic E-state index is -2.58. The van der Waals surface area contributed by atoms with Crippen LogP contribution in [0.1, 0.15) is 17.3 Å². The number of hydrogen-bond donors (Lipinski definition) is 1. The van der Waals surface area contributed by atoms with E-state index in [-0.39, 0.29) is 5.56 Å². The highest BCUT2D eigenvalue weighted by Crippen LogP contribution is 2.15. The van der Waals surface area contributed by atoms with Gasteiger partial charge in [-0.2, -0.15) is 5.10 Å². The van der Waals surface area contributed by atoms with Crippen LogP contribution in [0.2, 0.25) is 0 Å². The zero-order valence-electron chi connectivity index (χ0n) is 8.17. The molecule has 0 aliphatic rings. The Labute approximate surface area is 93.8 Å². The second kappa shape index (κ2) is 4.69. The van der Waals surface area contributed by atoms with Gasteiger partial charge in [-0.1, -0.05) is 0 Å². The van der Waals surface area contributed by atoms with Crippen LogP contribution in [0.5, 0.6) is 0 Å². The lowest BCUT2D eigenvalue weighted by atomic mass is 10.3. The van der Waals surface area contributed by atoms with Gasteiger partial charge < -0.3 is 5.32 Å². The lowest BCUT2D eigenvalue weighted by molar-refractivity contribution is 0.0779. The molecule has 4 nitrogen and oxygen atoms in total. The van der Waals surface area contributed by atoms with E-state index in [0.29, 0.717) is 4.60 Å². The Morgan fingerprint density at radius 3 is 2.67 bits per heavy atom. The molecule has 0 spiro atoms. The molecule has 1 heterocycles. The van der Waals surface area contributed by atoms with E-state index >= 15 is 0 Å². The molecule has 1 N–H and O–H groups in total. The Balaban J connectivity index is 2.74. The van der Waals surface area contributed by atoms with Crippen molar-refractivity contribution < 1.29 is 13.6 Å². The standard InChI is InChI=1S/C8H10BrF2N3O/c1-4(7(10)11)13-8(15)5-3-12-14(2)6(5)9/h3-4,7H,1-2H3,(H,13,15). The number of aromatic nitrogens is 2. The van der Waals surface area contributed by atoms with Crippen molar-refractivity contribution in [2.45, 2.75) is 19.4 Å². The summed E-state index contributed by atoms with van der Waals surface area (Å²) in [4.78, 5) is 11.5. The first-order valence-electron chi connectivity index (χ1n) is 4.20. The van der Waals surface area contributed by atoms with Gasteiger partial charge in [-0.05, 0) is 22.9 Å². The quantitative estimate of drug-likeness (QED) is 0.914. The van der Waals surface area contributed by atoms with Crippen LogP contribution in [0.4, 0.5) is 8.78 Å². The van der Waals surface area contributed by atoms with Crippen LogP contribution in [0, 0.1) is 0 Å². The van der Waals surface area contributed by atoms with Crippen molar-refractivity contribution in [2.24, 2.45) is 7.05 Å². The Bertz CT molecular complexity index is 367. The van der Waals surface area contributed by atoms with Gasteiger partial charge in [-0.3, -0.25) is 9.48 Å². The number of alkyl halides is 2. The van der Waals surface area contributed by atoms with E-state index in [4.69, 9.17) is 0 Å². The molecule has 84 valence electrons. The van der Waals surface area contributed by atoms with Crippen LogP contribution >= 0.6 is 15.9 Å². The summed E-state index contributed by atoms with van der Waals surface area (Å²) in [5.74, 6) is -0.567. The Morgan fingerprint density at radius 1 is 1.67 bits per heavy atom. The van der Waals surface area contributed by atoms with Crippen molar-refractivity contribution in [1.29, 1.82) is 0 Å². The molecule has 0 saturated carbocycles. The van der Waals surface area contributed by atoms with Crippen molar-refractivity contribution in [3.63, 3.8) is 0 Å². The predicted octanol–water partition coefficient (Wildman–Crippen LogP) is 1.57. The molecule has 0 bridgehead atoms. The average Bonchev–Trinajstić information content (AvgIpc) is 2.47. The van der Waals surface area contributed by atoms with Crippen LogP contribution in [0.25, 0.3) is 0 Å². The third-order valence-corrected chi connectivity index (χ3v) is 2.79. The molecule has 0 radical (unpaired) electrons. The van der Waals surface area contributed by atoms with Crippen LogP contribution in [-0.2, 0) is 7.05 Å². The maximum atomic E-state index is 12.2. The molecular weight excluding hydrogens is 272 g/mol. The minimum absolute atomic E-state index is 0.241. The molecule has 1 amide bonds. The van der Waals surface area contributed by atoms with Gasteiger partial charge in [-0.15, -0.1) is 0 Å². The summed E-state index contributed by atoms with van der Waals surface area (Å²) in [6, 6.07) is -1.18. The molecular formula is C8H10BrF2N3O. The molecule has 1 aromatic heterocycles. The van der Waals surface area contributed by atoms with Crippen LogP contribution in [0.3, 0.4) is 0 Å². The fourth-order valence-electron chi connectivity index (χ4n) is 0.922. The van der Waals surface area contributed by atoms with E-state index in [2.05, 4.69) is 26.3 Å². The van der Waals surface area contributed by atoms with E-state index in [1.165, 1.54) is 17.8 Å². The monoisotopic (exact) mass is 281 g/mol. The summed E-state index contributed by atoms with van der Waals surface area (Å²) < 4.78 is 26.2. The van der Waals surface area contributed by atoms with E-state index in [1.54, 1.807) is 7.05 Å².